The maximum absolute atomic E-state index is 11.5. The number of carbonyl (C=O) groups is 1. The number of benzene rings is 2. The molecule has 6 heteroatoms. The molecule has 2 aliphatic rings. The molecule has 2 aliphatic heterocycles. The Hall–Kier alpha value is -1.89. The molecule has 0 saturated carbocycles. The van der Waals surface area contributed by atoms with Crippen LogP contribution in [0, 0.1) is 0 Å². The van der Waals surface area contributed by atoms with Crippen LogP contribution in [0.3, 0.4) is 0 Å². The molecule has 2 heterocycles. The highest BCUT2D eigenvalue weighted by atomic mass is 79.9. The zero-order valence-corrected chi connectivity index (χ0v) is 18.1. The maximum Gasteiger partial charge on any atom is 0.224 e. The number of aryl methyl sites for hydroxylation is 1. The van der Waals surface area contributed by atoms with Crippen molar-refractivity contribution in [2.45, 2.75) is 37.7 Å². The first-order valence-corrected chi connectivity index (χ1v) is 11.1. The van der Waals surface area contributed by atoms with Crippen LogP contribution < -0.4 is 10.1 Å². The Bertz CT molecular complexity index is 861. The lowest BCUT2D eigenvalue weighted by Crippen LogP contribution is -2.43. The van der Waals surface area contributed by atoms with E-state index >= 15 is 0 Å². The van der Waals surface area contributed by atoms with Crippen LogP contribution in [-0.2, 0) is 16.8 Å². The monoisotopic (exact) mass is 458 g/mol. The summed E-state index contributed by atoms with van der Waals surface area (Å²) in [5, 5.41) is 13.9. The molecule has 29 heavy (non-hydrogen) atoms. The zero-order chi connectivity index (χ0) is 20.3. The molecule has 154 valence electrons. The van der Waals surface area contributed by atoms with Crippen molar-refractivity contribution in [1.29, 1.82) is 0 Å². The first-order valence-electron chi connectivity index (χ1n) is 10.3. The number of hydrogen-bond donors (Lipinski definition) is 2. The number of fused-ring (bicyclic) bond motifs is 1. The van der Waals surface area contributed by atoms with Gasteiger partial charge in [0.1, 0.15) is 5.75 Å². The first kappa shape index (κ1) is 20.4. The van der Waals surface area contributed by atoms with E-state index in [9.17, 15) is 9.90 Å². The molecule has 1 saturated heterocycles. The van der Waals surface area contributed by atoms with Gasteiger partial charge >= 0.3 is 0 Å². The number of likely N-dealkylation sites (tertiary alicyclic amines) is 1. The van der Waals surface area contributed by atoms with Crippen molar-refractivity contribution >= 4 is 27.5 Å². The Balaban J connectivity index is 1.21. The minimum Gasteiger partial charge on any atom is -0.493 e. The molecule has 4 rings (SSSR count). The molecular formula is C23H27BrN2O3. The molecule has 0 bridgehead atoms. The van der Waals surface area contributed by atoms with Gasteiger partial charge in [-0.1, -0.05) is 34.1 Å². The first-order chi connectivity index (χ1) is 14.0. The van der Waals surface area contributed by atoms with Gasteiger partial charge in [-0.2, -0.15) is 0 Å². The molecule has 1 amide bonds. The van der Waals surface area contributed by atoms with Crippen molar-refractivity contribution in [1.82, 2.24) is 4.90 Å². The van der Waals surface area contributed by atoms with Crippen LogP contribution in [0.1, 0.15) is 36.8 Å². The molecule has 1 fully saturated rings. The predicted molar refractivity (Wildman–Crippen MR) is 117 cm³/mol. The Morgan fingerprint density at radius 3 is 2.62 bits per heavy atom. The Morgan fingerprint density at radius 1 is 1.10 bits per heavy atom. The number of nitrogens with zero attached hydrogens (tertiary/aromatic N) is 1. The van der Waals surface area contributed by atoms with Crippen molar-refractivity contribution in [3.05, 3.63) is 58.1 Å². The van der Waals surface area contributed by atoms with E-state index in [1.54, 1.807) is 0 Å². The molecular weight excluding hydrogens is 432 g/mol. The van der Waals surface area contributed by atoms with Gasteiger partial charge in [-0.15, -0.1) is 0 Å². The number of carbonyl (C=O) groups excluding carboxylic acids is 1. The third-order valence-electron chi connectivity index (χ3n) is 5.93. The SMILES string of the molecule is O=C1CCc2ccc(OCCCN3CCC(O)(c4ccc(Br)cc4)CC3)cc2N1. The Labute approximate surface area is 180 Å². The third kappa shape index (κ3) is 5.00. The van der Waals surface area contributed by atoms with Gasteiger partial charge in [0.25, 0.3) is 0 Å². The summed E-state index contributed by atoms with van der Waals surface area (Å²) in [6, 6.07) is 13.9. The molecule has 2 aromatic carbocycles. The fourth-order valence-electron chi connectivity index (χ4n) is 4.11. The molecule has 0 atom stereocenters. The van der Waals surface area contributed by atoms with E-state index < -0.39 is 5.60 Å². The summed E-state index contributed by atoms with van der Waals surface area (Å²) in [4.78, 5) is 13.9. The second kappa shape index (κ2) is 8.86. The molecule has 0 unspecified atom stereocenters. The normalized spacial score (nSPS) is 18.8. The zero-order valence-electron chi connectivity index (χ0n) is 16.5. The highest BCUT2D eigenvalue weighted by Crippen LogP contribution is 2.33. The van der Waals surface area contributed by atoms with Gasteiger partial charge < -0.3 is 20.1 Å². The number of nitrogens with one attached hydrogen (secondary N) is 1. The minimum atomic E-state index is -0.721. The quantitative estimate of drug-likeness (QED) is 0.639. The van der Waals surface area contributed by atoms with E-state index in [2.05, 4.69) is 26.1 Å². The molecule has 0 aliphatic carbocycles. The summed E-state index contributed by atoms with van der Waals surface area (Å²) in [6.07, 6.45) is 3.78. The van der Waals surface area contributed by atoms with Crippen LogP contribution in [0.2, 0.25) is 0 Å². The van der Waals surface area contributed by atoms with Gasteiger partial charge in [0.05, 0.1) is 12.2 Å². The molecule has 0 radical (unpaired) electrons. The second-order valence-corrected chi connectivity index (χ2v) is 8.86. The second-order valence-electron chi connectivity index (χ2n) is 7.95. The van der Waals surface area contributed by atoms with Crippen LogP contribution in [-0.4, -0.2) is 42.2 Å². The van der Waals surface area contributed by atoms with Crippen LogP contribution in [0.25, 0.3) is 0 Å². The molecule has 0 aromatic heterocycles. The number of ether oxygens (including phenoxy) is 1. The fraction of sp³-hybridized carbons (Fsp3) is 0.435. The number of halogens is 1. The number of amides is 1. The summed E-state index contributed by atoms with van der Waals surface area (Å²) in [7, 11) is 0. The molecule has 2 N–H and O–H groups in total. The lowest BCUT2D eigenvalue weighted by molar-refractivity contribution is -0.116. The van der Waals surface area contributed by atoms with Gasteiger partial charge in [-0.05, 0) is 55.0 Å². The lowest BCUT2D eigenvalue weighted by Gasteiger charge is -2.38. The number of piperidine rings is 1. The molecule has 5 nitrogen and oxygen atoms in total. The maximum atomic E-state index is 11.5. The van der Waals surface area contributed by atoms with Crippen molar-refractivity contribution in [2.75, 3.05) is 31.6 Å². The smallest absolute Gasteiger partial charge is 0.224 e. The number of aliphatic hydroxyl groups is 1. The van der Waals surface area contributed by atoms with E-state index in [0.29, 0.717) is 13.0 Å². The number of anilines is 1. The van der Waals surface area contributed by atoms with Gasteiger partial charge in [0, 0.05) is 42.3 Å². The van der Waals surface area contributed by atoms with Crippen LogP contribution in [0.15, 0.2) is 46.9 Å². The van der Waals surface area contributed by atoms with Crippen LogP contribution in [0.4, 0.5) is 5.69 Å². The predicted octanol–water partition coefficient (Wildman–Crippen LogP) is 4.09. The van der Waals surface area contributed by atoms with Crippen molar-refractivity contribution < 1.29 is 14.6 Å². The van der Waals surface area contributed by atoms with E-state index in [1.165, 1.54) is 5.56 Å². The van der Waals surface area contributed by atoms with Gasteiger partial charge in [-0.25, -0.2) is 0 Å². The molecule has 0 spiro atoms. The van der Waals surface area contributed by atoms with E-state index in [0.717, 1.165) is 66.8 Å². The summed E-state index contributed by atoms with van der Waals surface area (Å²) in [5.41, 5.74) is 2.33. The van der Waals surface area contributed by atoms with Crippen molar-refractivity contribution in [3.8, 4) is 5.75 Å². The summed E-state index contributed by atoms with van der Waals surface area (Å²) in [5.74, 6) is 0.872. The highest BCUT2D eigenvalue weighted by molar-refractivity contribution is 9.10. The number of hydrogen-bond acceptors (Lipinski definition) is 4. The lowest BCUT2D eigenvalue weighted by atomic mass is 9.84. The van der Waals surface area contributed by atoms with Crippen LogP contribution >= 0.6 is 15.9 Å². The third-order valence-corrected chi connectivity index (χ3v) is 6.46. The standard InChI is InChI=1S/C23H27BrN2O3/c24-19-6-4-18(5-7-19)23(28)10-13-26(14-11-23)12-1-15-29-20-8-2-17-3-9-22(27)25-21(17)16-20/h2,4-8,16,28H,1,3,9-15H2,(H,25,27). The van der Waals surface area contributed by atoms with E-state index in [1.807, 2.05) is 42.5 Å². The van der Waals surface area contributed by atoms with Gasteiger partial charge in [-0.3, -0.25) is 4.79 Å². The average Bonchev–Trinajstić information content (AvgIpc) is 2.72. The minimum absolute atomic E-state index is 0.0721. The van der Waals surface area contributed by atoms with Gasteiger partial charge in [0.2, 0.25) is 5.91 Å². The van der Waals surface area contributed by atoms with E-state index in [4.69, 9.17) is 4.74 Å². The summed E-state index contributed by atoms with van der Waals surface area (Å²) < 4.78 is 6.92. The average molecular weight is 459 g/mol. The Morgan fingerprint density at radius 2 is 1.86 bits per heavy atom. The van der Waals surface area contributed by atoms with Crippen molar-refractivity contribution in [2.24, 2.45) is 0 Å². The fourth-order valence-corrected chi connectivity index (χ4v) is 4.38. The molecule has 2 aromatic rings. The van der Waals surface area contributed by atoms with Crippen LogP contribution in [0.5, 0.6) is 5.75 Å². The largest absolute Gasteiger partial charge is 0.493 e. The van der Waals surface area contributed by atoms with Gasteiger partial charge in [0.15, 0.2) is 0 Å². The highest BCUT2D eigenvalue weighted by Gasteiger charge is 2.33. The summed E-state index contributed by atoms with van der Waals surface area (Å²) >= 11 is 3.45. The number of rotatable bonds is 6. The topological polar surface area (TPSA) is 61.8 Å². The van der Waals surface area contributed by atoms with E-state index in [-0.39, 0.29) is 5.91 Å². The summed E-state index contributed by atoms with van der Waals surface area (Å²) in [6.45, 7) is 3.37. The Kier molecular flexibility index (Phi) is 6.23. The van der Waals surface area contributed by atoms with Crippen molar-refractivity contribution in [3.63, 3.8) is 0 Å².